The molecule has 1 amide bonds. The summed E-state index contributed by atoms with van der Waals surface area (Å²) in [5, 5.41) is 10.2. The molecule has 1 aromatic carbocycles. The lowest BCUT2D eigenvalue weighted by Crippen LogP contribution is -2.33. The standard InChI is InChI=1S/C15H17N3O2/c1-17-10-16-9-13(17)15(20)18-8-4-7-14(19)11-5-2-3-6-12(11)18/h2-3,5-6,9-10,14,19H,4,7-8H2,1H3. The maximum Gasteiger partial charge on any atom is 0.276 e. The SMILES string of the molecule is Cn1cncc1C(=O)N1CCCC(O)c2ccccc21. The molecule has 1 unspecified atom stereocenters. The van der Waals surface area contributed by atoms with E-state index in [1.165, 1.54) is 0 Å². The van der Waals surface area contributed by atoms with Crippen LogP contribution in [0.15, 0.2) is 36.8 Å². The predicted molar refractivity (Wildman–Crippen MR) is 75.5 cm³/mol. The Labute approximate surface area is 117 Å². The lowest BCUT2D eigenvalue weighted by molar-refractivity contribution is 0.0979. The fraction of sp³-hybridized carbons (Fsp3) is 0.333. The molecule has 0 bridgehead atoms. The largest absolute Gasteiger partial charge is 0.388 e. The van der Waals surface area contributed by atoms with Crippen LogP contribution in [0, 0.1) is 0 Å². The minimum Gasteiger partial charge on any atom is -0.388 e. The summed E-state index contributed by atoms with van der Waals surface area (Å²) < 4.78 is 1.71. The number of benzene rings is 1. The molecule has 1 N–H and O–H groups in total. The first-order chi connectivity index (χ1) is 9.68. The van der Waals surface area contributed by atoms with E-state index in [0.717, 1.165) is 17.7 Å². The number of para-hydroxylation sites is 1. The molecule has 104 valence electrons. The van der Waals surface area contributed by atoms with E-state index in [2.05, 4.69) is 4.98 Å². The zero-order valence-corrected chi connectivity index (χ0v) is 11.4. The van der Waals surface area contributed by atoms with Gasteiger partial charge in [0.1, 0.15) is 5.69 Å². The molecule has 0 spiro atoms. The van der Waals surface area contributed by atoms with Gasteiger partial charge < -0.3 is 14.6 Å². The number of aromatic nitrogens is 2. The monoisotopic (exact) mass is 271 g/mol. The van der Waals surface area contributed by atoms with Gasteiger partial charge in [-0.1, -0.05) is 18.2 Å². The van der Waals surface area contributed by atoms with Crippen LogP contribution in [0.1, 0.15) is 35.0 Å². The first kappa shape index (κ1) is 12.9. The Kier molecular flexibility index (Phi) is 3.28. The average Bonchev–Trinajstić information content (AvgIpc) is 2.81. The molecule has 20 heavy (non-hydrogen) atoms. The minimum atomic E-state index is -0.504. The quantitative estimate of drug-likeness (QED) is 0.861. The second-order valence-corrected chi connectivity index (χ2v) is 5.06. The number of aliphatic hydroxyl groups excluding tert-OH is 1. The number of aryl methyl sites for hydroxylation is 1. The van der Waals surface area contributed by atoms with Crippen LogP contribution in [0.2, 0.25) is 0 Å². The van der Waals surface area contributed by atoms with E-state index >= 15 is 0 Å². The van der Waals surface area contributed by atoms with Gasteiger partial charge in [-0.3, -0.25) is 4.79 Å². The molecular formula is C15H17N3O2. The van der Waals surface area contributed by atoms with Gasteiger partial charge >= 0.3 is 0 Å². The van der Waals surface area contributed by atoms with E-state index in [4.69, 9.17) is 0 Å². The van der Waals surface area contributed by atoms with Gasteiger partial charge in [0, 0.05) is 24.8 Å². The van der Waals surface area contributed by atoms with Gasteiger partial charge in [0.05, 0.1) is 18.6 Å². The van der Waals surface area contributed by atoms with Crippen LogP contribution in [0.4, 0.5) is 5.69 Å². The normalized spacial score (nSPS) is 18.5. The van der Waals surface area contributed by atoms with E-state index in [1.807, 2.05) is 24.3 Å². The Bertz CT molecular complexity index is 636. The van der Waals surface area contributed by atoms with Gasteiger partial charge in [-0.2, -0.15) is 0 Å². The number of rotatable bonds is 1. The fourth-order valence-electron chi connectivity index (χ4n) is 2.65. The number of hydrogen-bond donors (Lipinski definition) is 1. The third-order valence-corrected chi connectivity index (χ3v) is 3.73. The van der Waals surface area contributed by atoms with Crippen LogP contribution in [0.25, 0.3) is 0 Å². The maximum atomic E-state index is 12.7. The van der Waals surface area contributed by atoms with Crippen molar-refractivity contribution in [3.63, 3.8) is 0 Å². The van der Waals surface area contributed by atoms with Crippen LogP contribution in [-0.4, -0.2) is 27.1 Å². The second kappa shape index (κ2) is 5.09. The van der Waals surface area contributed by atoms with Gasteiger partial charge in [0.2, 0.25) is 0 Å². The van der Waals surface area contributed by atoms with Crippen LogP contribution >= 0.6 is 0 Å². The smallest absolute Gasteiger partial charge is 0.276 e. The Morgan fingerprint density at radius 2 is 2.20 bits per heavy atom. The summed E-state index contributed by atoms with van der Waals surface area (Å²) in [6.45, 7) is 0.609. The van der Waals surface area contributed by atoms with Gasteiger partial charge in [-0.05, 0) is 18.9 Å². The summed E-state index contributed by atoms with van der Waals surface area (Å²) in [6.07, 6.45) is 4.14. The average molecular weight is 271 g/mol. The first-order valence-electron chi connectivity index (χ1n) is 6.73. The minimum absolute atomic E-state index is 0.0773. The third kappa shape index (κ3) is 2.10. The van der Waals surface area contributed by atoms with Crippen molar-refractivity contribution < 1.29 is 9.90 Å². The van der Waals surface area contributed by atoms with Crippen LogP contribution in [0.3, 0.4) is 0 Å². The molecule has 0 radical (unpaired) electrons. The summed E-state index contributed by atoms with van der Waals surface area (Å²) >= 11 is 0. The van der Waals surface area contributed by atoms with Crippen LogP contribution in [0.5, 0.6) is 0 Å². The predicted octanol–water partition coefficient (Wildman–Crippen LogP) is 1.89. The molecule has 0 fully saturated rings. The van der Waals surface area contributed by atoms with E-state index in [-0.39, 0.29) is 5.91 Å². The lowest BCUT2D eigenvalue weighted by Gasteiger charge is -2.23. The summed E-state index contributed by atoms with van der Waals surface area (Å²) in [7, 11) is 1.80. The molecule has 0 saturated heterocycles. The van der Waals surface area contributed by atoms with Gasteiger partial charge in [0.15, 0.2) is 0 Å². The highest BCUT2D eigenvalue weighted by Gasteiger charge is 2.26. The number of nitrogens with zero attached hydrogens (tertiary/aromatic N) is 3. The summed E-state index contributed by atoms with van der Waals surface area (Å²) in [5.41, 5.74) is 2.17. The maximum absolute atomic E-state index is 12.7. The molecule has 1 aliphatic rings. The molecule has 5 nitrogen and oxygen atoms in total. The molecule has 0 saturated carbocycles. The number of amides is 1. The molecular weight excluding hydrogens is 254 g/mol. The number of hydrogen-bond acceptors (Lipinski definition) is 3. The number of fused-ring (bicyclic) bond motifs is 1. The zero-order valence-electron chi connectivity index (χ0n) is 11.4. The fourth-order valence-corrected chi connectivity index (χ4v) is 2.65. The Balaban J connectivity index is 2.03. The van der Waals surface area contributed by atoms with Crippen molar-refractivity contribution in [2.24, 2.45) is 7.05 Å². The van der Waals surface area contributed by atoms with Crippen molar-refractivity contribution in [1.29, 1.82) is 0 Å². The Morgan fingerprint density at radius 1 is 1.40 bits per heavy atom. The summed E-state index contributed by atoms with van der Waals surface area (Å²) in [4.78, 5) is 18.4. The van der Waals surface area contributed by atoms with Crippen molar-refractivity contribution in [3.8, 4) is 0 Å². The van der Waals surface area contributed by atoms with Crippen molar-refractivity contribution in [2.45, 2.75) is 18.9 Å². The summed E-state index contributed by atoms with van der Waals surface area (Å²) in [5.74, 6) is -0.0773. The third-order valence-electron chi connectivity index (χ3n) is 3.73. The molecule has 1 aromatic heterocycles. The highest BCUT2D eigenvalue weighted by Crippen LogP contribution is 2.33. The van der Waals surface area contributed by atoms with Gasteiger partial charge in [-0.25, -0.2) is 4.98 Å². The zero-order chi connectivity index (χ0) is 14.1. The molecule has 1 atom stereocenters. The van der Waals surface area contributed by atoms with E-state index < -0.39 is 6.10 Å². The van der Waals surface area contributed by atoms with Crippen LogP contribution in [-0.2, 0) is 7.05 Å². The second-order valence-electron chi connectivity index (χ2n) is 5.06. The van der Waals surface area contributed by atoms with E-state index in [0.29, 0.717) is 18.7 Å². The van der Waals surface area contributed by atoms with E-state index in [1.54, 1.807) is 29.0 Å². The number of imidazole rings is 1. The highest BCUT2D eigenvalue weighted by atomic mass is 16.3. The highest BCUT2D eigenvalue weighted by molar-refractivity contribution is 6.05. The van der Waals surface area contributed by atoms with Crippen molar-refractivity contribution in [3.05, 3.63) is 48.0 Å². The number of anilines is 1. The molecule has 3 rings (SSSR count). The molecule has 1 aliphatic heterocycles. The van der Waals surface area contributed by atoms with Crippen molar-refractivity contribution in [2.75, 3.05) is 11.4 Å². The number of carbonyl (C=O) groups excluding carboxylic acids is 1. The number of carbonyl (C=O) groups is 1. The molecule has 2 heterocycles. The van der Waals surface area contributed by atoms with Gasteiger partial charge in [-0.15, -0.1) is 0 Å². The summed E-state index contributed by atoms with van der Waals surface area (Å²) in [6, 6.07) is 7.55. The van der Waals surface area contributed by atoms with Crippen LogP contribution < -0.4 is 4.90 Å². The molecule has 5 heteroatoms. The van der Waals surface area contributed by atoms with Crippen molar-refractivity contribution >= 4 is 11.6 Å². The lowest BCUT2D eigenvalue weighted by atomic mass is 10.0. The van der Waals surface area contributed by atoms with Gasteiger partial charge in [0.25, 0.3) is 5.91 Å². The van der Waals surface area contributed by atoms with E-state index in [9.17, 15) is 9.90 Å². The molecule has 2 aromatic rings. The Hall–Kier alpha value is -2.14. The topological polar surface area (TPSA) is 58.4 Å². The first-order valence-corrected chi connectivity index (χ1v) is 6.73. The Morgan fingerprint density at radius 3 is 2.95 bits per heavy atom. The molecule has 0 aliphatic carbocycles. The number of aliphatic hydroxyl groups is 1. The van der Waals surface area contributed by atoms with Crippen molar-refractivity contribution in [1.82, 2.24) is 9.55 Å².